The van der Waals surface area contributed by atoms with Crippen molar-refractivity contribution in [2.75, 3.05) is 4.72 Å². The van der Waals surface area contributed by atoms with Crippen LogP contribution in [0.5, 0.6) is 0 Å². The number of aromatic nitrogens is 3. The van der Waals surface area contributed by atoms with E-state index in [1.807, 2.05) is 6.07 Å². The fraction of sp³-hybridized carbons (Fsp3) is 0.250. The van der Waals surface area contributed by atoms with Gasteiger partial charge in [0.05, 0.1) is 16.4 Å². The van der Waals surface area contributed by atoms with Gasteiger partial charge in [-0.3, -0.25) is 9.82 Å². The van der Waals surface area contributed by atoms with E-state index >= 15 is 0 Å². The first kappa shape index (κ1) is 20.6. The van der Waals surface area contributed by atoms with E-state index in [2.05, 4.69) is 22.1 Å². The summed E-state index contributed by atoms with van der Waals surface area (Å²) in [5, 5.41) is 9.62. The van der Waals surface area contributed by atoms with Gasteiger partial charge in [0.2, 0.25) is 0 Å². The number of benzene rings is 1. The molecule has 3 aromatic rings. The van der Waals surface area contributed by atoms with Gasteiger partial charge in [-0.15, -0.1) is 11.3 Å². The number of aromatic amines is 1. The fourth-order valence-corrected chi connectivity index (χ4v) is 3.99. The molecule has 2 N–H and O–H groups in total. The average Bonchev–Trinajstić information content (AvgIpc) is 3.23. The second-order valence-corrected chi connectivity index (χ2v) is 8.75. The molecule has 0 aliphatic rings. The Labute approximate surface area is 167 Å². The molecule has 0 amide bonds. The zero-order chi connectivity index (χ0) is 20.5. The minimum atomic E-state index is -5.51. The van der Waals surface area contributed by atoms with Crippen LogP contribution in [0.1, 0.15) is 19.0 Å². The third kappa shape index (κ3) is 4.31. The number of hydrogen-bond acceptors (Lipinski definition) is 5. The lowest BCUT2D eigenvalue weighted by molar-refractivity contribution is -0.0429. The molecule has 1 aromatic carbocycles. The lowest BCUT2D eigenvalue weighted by atomic mass is 10.1. The first-order chi connectivity index (χ1) is 13.1. The summed E-state index contributed by atoms with van der Waals surface area (Å²) in [4.78, 5) is 4.46. The molecule has 0 fully saturated rings. The number of halogens is 4. The minimum absolute atomic E-state index is 0.0629. The number of hydrogen-bond donors (Lipinski definition) is 2. The third-order valence-corrected chi connectivity index (χ3v) is 5.97. The van der Waals surface area contributed by atoms with Crippen LogP contribution in [-0.2, 0) is 16.4 Å². The summed E-state index contributed by atoms with van der Waals surface area (Å²) in [5.41, 5.74) is -3.06. The van der Waals surface area contributed by atoms with Crippen molar-refractivity contribution >= 4 is 38.6 Å². The Morgan fingerprint density at radius 2 is 2.00 bits per heavy atom. The van der Waals surface area contributed by atoms with Crippen molar-refractivity contribution < 1.29 is 21.6 Å². The Bertz CT molecular complexity index is 1090. The lowest BCUT2D eigenvalue weighted by Crippen LogP contribution is -2.29. The number of sulfonamides is 1. The van der Waals surface area contributed by atoms with Crippen LogP contribution in [0.4, 0.5) is 18.9 Å². The average molecular weight is 451 g/mol. The molecule has 0 bridgehead atoms. The topological polar surface area (TPSA) is 87.7 Å². The predicted octanol–water partition coefficient (Wildman–Crippen LogP) is 5.07. The van der Waals surface area contributed by atoms with Gasteiger partial charge in [-0.05, 0) is 30.7 Å². The number of nitrogens with zero attached hydrogens (tertiary/aromatic N) is 2. The lowest BCUT2D eigenvalue weighted by Gasteiger charge is -2.11. The molecule has 0 unspecified atom stereocenters. The molecule has 0 saturated carbocycles. The Hall–Kier alpha value is -2.11. The molecule has 12 heteroatoms. The van der Waals surface area contributed by atoms with E-state index in [0.29, 0.717) is 22.0 Å². The number of H-pyrrole nitrogens is 1. The van der Waals surface area contributed by atoms with Gasteiger partial charge < -0.3 is 0 Å². The molecule has 6 nitrogen and oxygen atoms in total. The zero-order valence-electron chi connectivity index (χ0n) is 14.3. The number of rotatable bonds is 6. The van der Waals surface area contributed by atoms with Crippen LogP contribution in [0.2, 0.25) is 5.02 Å². The maximum absolute atomic E-state index is 12.5. The van der Waals surface area contributed by atoms with Gasteiger partial charge in [0, 0.05) is 16.6 Å². The molecule has 0 aliphatic carbocycles. The van der Waals surface area contributed by atoms with Gasteiger partial charge in [-0.1, -0.05) is 24.9 Å². The molecule has 0 saturated heterocycles. The molecule has 0 radical (unpaired) electrons. The van der Waals surface area contributed by atoms with Gasteiger partial charge in [0.1, 0.15) is 10.7 Å². The van der Waals surface area contributed by atoms with E-state index in [1.165, 1.54) is 28.2 Å². The SMILES string of the molecule is CCCc1cc(-c2nc(-c3ccc(NS(=O)(=O)C(F)(F)F)cc3Cl)cs2)n[nH]1. The quantitative estimate of drug-likeness (QED) is 0.549. The van der Waals surface area contributed by atoms with E-state index in [9.17, 15) is 21.6 Å². The number of anilines is 1. The maximum Gasteiger partial charge on any atom is 0.516 e. The first-order valence-corrected chi connectivity index (χ1v) is 10.7. The first-order valence-electron chi connectivity index (χ1n) is 8.00. The van der Waals surface area contributed by atoms with Crippen molar-refractivity contribution in [2.24, 2.45) is 0 Å². The molecule has 0 atom stereocenters. The summed E-state index contributed by atoms with van der Waals surface area (Å²) in [6.07, 6.45) is 1.84. The standard InChI is InChI=1S/C16H14ClF3N4O2S2/c1-2-3-9-7-13(23-22-9)15-21-14(8-27-15)11-5-4-10(6-12(11)17)24-28(25,26)16(18,19)20/h4-8,24H,2-3H2,1H3,(H,22,23). The predicted molar refractivity (Wildman–Crippen MR) is 103 cm³/mol. The second kappa shape index (κ2) is 7.72. The molecule has 0 spiro atoms. The molecule has 28 heavy (non-hydrogen) atoms. The van der Waals surface area contributed by atoms with Crippen LogP contribution < -0.4 is 4.72 Å². The van der Waals surface area contributed by atoms with E-state index in [1.54, 1.807) is 5.38 Å². The number of thiazole rings is 1. The Balaban J connectivity index is 1.84. The van der Waals surface area contributed by atoms with Crippen molar-refractivity contribution in [3.05, 3.63) is 40.4 Å². The fourth-order valence-electron chi connectivity index (χ4n) is 2.38. The second-order valence-electron chi connectivity index (χ2n) is 5.81. The van der Waals surface area contributed by atoms with Crippen LogP contribution in [0.25, 0.3) is 22.0 Å². The molecule has 150 valence electrons. The maximum atomic E-state index is 12.5. The monoisotopic (exact) mass is 450 g/mol. The third-order valence-electron chi connectivity index (χ3n) is 3.68. The van der Waals surface area contributed by atoms with Crippen LogP contribution in [-0.4, -0.2) is 29.1 Å². The Morgan fingerprint density at radius 1 is 1.25 bits per heavy atom. The summed E-state index contributed by atoms with van der Waals surface area (Å²) >= 11 is 7.48. The molecule has 3 rings (SSSR count). The van der Waals surface area contributed by atoms with Crippen molar-refractivity contribution in [2.45, 2.75) is 25.3 Å². The highest BCUT2D eigenvalue weighted by molar-refractivity contribution is 7.93. The molecule has 2 aromatic heterocycles. The van der Waals surface area contributed by atoms with E-state index < -0.39 is 15.5 Å². The summed E-state index contributed by atoms with van der Waals surface area (Å²) in [5.74, 6) is 0. The van der Waals surface area contributed by atoms with Crippen molar-refractivity contribution in [1.29, 1.82) is 0 Å². The van der Waals surface area contributed by atoms with E-state index in [0.717, 1.165) is 24.6 Å². The van der Waals surface area contributed by atoms with Gasteiger partial charge in [-0.25, -0.2) is 4.98 Å². The summed E-state index contributed by atoms with van der Waals surface area (Å²) in [6, 6.07) is 5.61. The van der Waals surface area contributed by atoms with Crippen molar-refractivity contribution in [1.82, 2.24) is 15.2 Å². The highest BCUT2D eigenvalue weighted by Gasteiger charge is 2.46. The number of alkyl halides is 3. The van der Waals surface area contributed by atoms with Crippen LogP contribution in [0.3, 0.4) is 0 Å². The van der Waals surface area contributed by atoms with Crippen LogP contribution in [0.15, 0.2) is 29.6 Å². The van der Waals surface area contributed by atoms with Gasteiger partial charge in [0.15, 0.2) is 0 Å². The minimum Gasteiger partial charge on any atom is -0.282 e. The Kier molecular flexibility index (Phi) is 5.69. The van der Waals surface area contributed by atoms with Crippen LogP contribution >= 0.6 is 22.9 Å². The van der Waals surface area contributed by atoms with Gasteiger partial charge >= 0.3 is 15.5 Å². The van der Waals surface area contributed by atoms with Crippen LogP contribution in [0, 0.1) is 0 Å². The van der Waals surface area contributed by atoms with Gasteiger partial charge in [0.25, 0.3) is 0 Å². The highest BCUT2D eigenvalue weighted by atomic mass is 35.5. The molecular weight excluding hydrogens is 437 g/mol. The summed E-state index contributed by atoms with van der Waals surface area (Å²) < 4.78 is 61.3. The van der Waals surface area contributed by atoms with E-state index in [-0.39, 0.29) is 10.7 Å². The normalized spacial score (nSPS) is 12.3. The largest absolute Gasteiger partial charge is 0.516 e. The summed E-state index contributed by atoms with van der Waals surface area (Å²) in [6.45, 7) is 2.06. The number of aryl methyl sites for hydroxylation is 1. The number of nitrogens with one attached hydrogen (secondary N) is 2. The molecular formula is C16H14ClF3N4O2S2. The highest BCUT2D eigenvalue weighted by Crippen LogP contribution is 2.34. The van der Waals surface area contributed by atoms with E-state index in [4.69, 9.17) is 11.6 Å². The zero-order valence-corrected chi connectivity index (χ0v) is 16.7. The van der Waals surface area contributed by atoms with Gasteiger partial charge in [-0.2, -0.15) is 26.7 Å². The van der Waals surface area contributed by atoms with Crippen molar-refractivity contribution in [3.63, 3.8) is 0 Å². The molecule has 2 heterocycles. The summed E-state index contributed by atoms with van der Waals surface area (Å²) in [7, 11) is -5.51. The van der Waals surface area contributed by atoms with Crippen molar-refractivity contribution in [3.8, 4) is 22.0 Å². The Morgan fingerprint density at radius 3 is 2.64 bits per heavy atom. The smallest absolute Gasteiger partial charge is 0.282 e. The molecule has 0 aliphatic heterocycles.